The van der Waals surface area contributed by atoms with E-state index in [1.54, 1.807) is 6.92 Å². The minimum Gasteiger partial charge on any atom is -0.462 e. The van der Waals surface area contributed by atoms with Crippen molar-refractivity contribution >= 4 is 5.97 Å². The molecule has 0 spiro atoms. The van der Waals surface area contributed by atoms with Crippen LogP contribution in [0.1, 0.15) is 35.7 Å². The van der Waals surface area contributed by atoms with Crippen LogP contribution in [0.2, 0.25) is 0 Å². The summed E-state index contributed by atoms with van der Waals surface area (Å²) in [4.78, 5) is 11.3. The Bertz CT molecular complexity index is 301. The first-order chi connectivity index (χ1) is 7.27. The van der Waals surface area contributed by atoms with Gasteiger partial charge in [-0.25, -0.2) is 4.79 Å². The first kappa shape index (κ1) is 11.8. The monoisotopic (exact) mass is 205 g/mol. The molecule has 0 heterocycles. The van der Waals surface area contributed by atoms with Crippen LogP contribution < -0.4 is 0 Å². The zero-order valence-corrected chi connectivity index (χ0v) is 9.16. The van der Waals surface area contributed by atoms with Gasteiger partial charge in [-0.15, -0.1) is 0 Å². The van der Waals surface area contributed by atoms with Gasteiger partial charge in [-0.3, -0.25) is 0 Å². The predicted molar refractivity (Wildman–Crippen MR) is 60.7 cm³/mol. The van der Waals surface area contributed by atoms with Crippen LogP contribution in [0.15, 0.2) is 24.3 Å². The average Bonchev–Trinajstić information content (AvgIpc) is 2.27. The Labute approximate surface area is 91.3 Å². The van der Waals surface area contributed by atoms with Gasteiger partial charge in [0.25, 0.3) is 0 Å². The van der Waals surface area contributed by atoms with E-state index < -0.39 is 0 Å². The minimum absolute atomic E-state index is 0.249. The Hall–Kier alpha value is -1.31. The molecule has 1 radical (unpaired) electrons. The molecule has 0 saturated heterocycles. The highest BCUT2D eigenvalue weighted by Crippen LogP contribution is 2.08. The summed E-state index contributed by atoms with van der Waals surface area (Å²) in [5.74, 6) is -0.249. The molecule has 0 saturated carbocycles. The lowest BCUT2D eigenvalue weighted by Gasteiger charge is -2.03. The lowest BCUT2D eigenvalue weighted by molar-refractivity contribution is 0.0526. The molecule has 0 atom stereocenters. The van der Waals surface area contributed by atoms with Gasteiger partial charge in [-0.2, -0.15) is 0 Å². The van der Waals surface area contributed by atoms with Crippen molar-refractivity contribution in [1.82, 2.24) is 0 Å². The van der Waals surface area contributed by atoms with E-state index in [0.29, 0.717) is 12.2 Å². The number of unbranched alkanes of at least 4 members (excludes halogenated alkanes) is 1. The SMILES string of the molecule is [CH2]CCCc1ccc(C(=O)OCC)cc1. The van der Waals surface area contributed by atoms with Crippen LogP contribution in [-0.4, -0.2) is 12.6 Å². The van der Waals surface area contributed by atoms with Crippen LogP contribution in [0.25, 0.3) is 0 Å². The van der Waals surface area contributed by atoms with E-state index in [4.69, 9.17) is 4.74 Å². The molecule has 15 heavy (non-hydrogen) atoms. The molecular weight excluding hydrogens is 188 g/mol. The maximum Gasteiger partial charge on any atom is 0.338 e. The smallest absolute Gasteiger partial charge is 0.338 e. The number of ether oxygens (including phenoxy) is 1. The summed E-state index contributed by atoms with van der Waals surface area (Å²) in [5.41, 5.74) is 1.86. The fourth-order valence-electron chi connectivity index (χ4n) is 1.35. The molecule has 0 fully saturated rings. The largest absolute Gasteiger partial charge is 0.462 e. The van der Waals surface area contributed by atoms with Gasteiger partial charge in [0.05, 0.1) is 12.2 Å². The fraction of sp³-hybridized carbons (Fsp3) is 0.385. The fourth-order valence-corrected chi connectivity index (χ4v) is 1.35. The highest BCUT2D eigenvalue weighted by atomic mass is 16.5. The first-order valence-electron chi connectivity index (χ1n) is 5.33. The molecular formula is C13H17O2. The highest BCUT2D eigenvalue weighted by molar-refractivity contribution is 5.89. The second-order valence-electron chi connectivity index (χ2n) is 3.37. The average molecular weight is 205 g/mol. The highest BCUT2D eigenvalue weighted by Gasteiger charge is 2.04. The molecule has 0 N–H and O–H groups in total. The molecule has 0 aromatic heterocycles. The van der Waals surface area contributed by atoms with Crippen LogP contribution in [0.4, 0.5) is 0 Å². The van der Waals surface area contributed by atoms with Crippen molar-refractivity contribution < 1.29 is 9.53 Å². The van der Waals surface area contributed by atoms with Crippen LogP contribution in [0, 0.1) is 6.92 Å². The third kappa shape index (κ3) is 3.74. The molecule has 2 nitrogen and oxygen atoms in total. The molecule has 81 valence electrons. The lowest BCUT2D eigenvalue weighted by atomic mass is 10.1. The molecule has 0 aliphatic carbocycles. The van der Waals surface area contributed by atoms with Crippen LogP contribution >= 0.6 is 0 Å². The van der Waals surface area contributed by atoms with Gasteiger partial charge < -0.3 is 4.74 Å². The number of esters is 1. The van der Waals surface area contributed by atoms with E-state index in [-0.39, 0.29) is 5.97 Å². The van der Waals surface area contributed by atoms with Gasteiger partial charge in [0.15, 0.2) is 0 Å². The normalized spacial score (nSPS) is 10.0. The predicted octanol–water partition coefficient (Wildman–Crippen LogP) is 3.02. The number of rotatable bonds is 5. The van der Waals surface area contributed by atoms with Gasteiger partial charge in [0.2, 0.25) is 0 Å². The number of carbonyl (C=O) groups excluding carboxylic acids is 1. The van der Waals surface area contributed by atoms with E-state index in [1.165, 1.54) is 5.56 Å². The number of carbonyl (C=O) groups is 1. The Kier molecular flexibility index (Phi) is 4.88. The molecule has 0 aliphatic rings. The van der Waals surface area contributed by atoms with Gasteiger partial charge in [0, 0.05) is 0 Å². The third-order valence-corrected chi connectivity index (χ3v) is 2.18. The summed E-state index contributed by atoms with van der Waals surface area (Å²) in [6.45, 7) is 6.02. The van der Waals surface area contributed by atoms with Crippen molar-refractivity contribution in [2.45, 2.75) is 26.2 Å². The van der Waals surface area contributed by atoms with Crippen molar-refractivity contribution in [3.63, 3.8) is 0 Å². The van der Waals surface area contributed by atoms with Crippen molar-refractivity contribution in [1.29, 1.82) is 0 Å². The van der Waals surface area contributed by atoms with Gasteiger partial charge in [-0.05, 0) is 37.5 Å². The Morgan fingerprint density at radius 1 is 1.33 bits per heavy atom. The van der Waals surface area contributed by atoms with Crippen molar-refractivity contribution in [3.8, 4) is 0 Å². The molecule has 1 aromatic rings. The molecule has 0 unspecified atom stereocenters. The Morgan fingerprint density at radius 3 is 2.53 bits per heavy atom. The Balaban J connectivity index is 2.59. The van der Waals surface area contributed by atoms with E-state index in [9.17, 15) is 4.79 Å². The zero-order valence-electron chi connectivity index (χ0n) is 9.16. The number of hydrogen-bond donors (Lipinski definition) is 0. The quantitative estimate of drug-likeness (QED) is 0.691. The minimum atomic E-state index is -0.249. The second-order valence-corrected chi connectivity index (χ2v) is 3.37. The van der Waals surface area contributed by atoms with Gasteiger partial charge in [-0.1, -0.05) is 25.5 Å². The van der Waals surface area contributed by atoms with Gasteiger partial charge >= 0.3 is 5.97 Å². The van der Waals surface area contributed by atoms with Crippen molar-refractivity contribution in [2.75, 3.05) is 6.61 Å². The van der Waals surface area contributed by atoms with Gasteiger partial charge in [0.1, 0.15) is 0 Å². The summed E-state index contributed by atoms with van der Waals surface area (Å²) in [5, 5.41) is 0. The standard InChI is InChI=1S/C13H17O2/c1-3-5-6-11-7-9-12(10-8-11)13(14)15-4-2/h7-10H,1,3-6H2,2H3. The molecule has 0 amide bonds. The second kappa shape index (κ2) is 6.23. The Morgan fingerprint density at radius 2 is 2.00 bits per heavy atom. The van der Waals surface area contributed by atoms with E-state index in [1.807, 2.05) is 24.3 Å². The zero-order chi connectivity index (χ0) is 11.1. The number of aryl methyl sites for hydroxylation is 1. The van der Waals surface area contributed by atoms with Crippen LogP contribution in [-0.2, 0) is 11.2 Å². The molecule has 0 bridgehead atoms. The maximum atomic E-state index is 11.3. The van der Waals surface area contributed by atoms with Crippen LogP contribution in [0.3, 0.4) is 0 Å². The van der Waals surface area contributed by atoms with Crippen LogP contribution in [0.5, 0.6) is 0 Å². The summed E-state index contributed by atoms with van der Waals surface area (Å²) in [6.07, 6.45) is 3.05. The van der Waals surface area contributed by atoms with Crippen molar-refractivity contribution in [3.05, 3.63) is 42.3 Å². The topological polar surface area (TPSA) is 26.3 Å². The third-order valence-electron chi connectivity index (χ3n) is 2.18. The summed E-state index contributed by atoms with van der Waals surface area (Å²) in [7, 11) is 0. The molecule has 0 aliphatic heterocycles. The van der Waals surface area contributed by atoms with E-state index in [0.717, 1.165) is 19.3 Å². The molecule has 1 aromatic carbocycles. The molecule has 2 heteroatoms. The number of benzene rings is 1. The van der Waals surface area contributed by atoms with E-state index in [2.05, 4.69) is 6.92 Å². The summed E-state index contributed by atoms with van der Waals surface area (Å²) >= 11 is 0. The maximum absolute atomic E-state index is 11.3. The van der Waals surface area contributed by atoms with Crippen molar-refractivity contribution in [2.24, 2.45) is 0 Å². The molecule has 1 rings (SSSR count). The summed E-state index contributed by atoms with van der Waals surface area (Å²) in [6, 6.07) is 7.58. The van der Waals surface area contributed by atoms with E-state index >= 15 is 0 Å². The lowest BCUT2D eigenvalue weighted by Crippen LogP contribution is -2.04. The number of hydrogen-bond acceptors (Lipinski definition) is 2. The first-order valence-corrected chi connectivity index (χ1v) is 5.33. The summed E-state index contributed by atoms with van der Waals surface area (Å²) < 4.78 is 4.90.